The predicted octanol–water partition coefficient (Wildman–Crippen LogP) is 3.11. The average Bonchev–Trinajstić information content (AvgIpc) is 2.69. The summed E-state index contributed by atoms with van der Waals surface area (Å²) in [5.74, 6) is -0.961. The maximum Gasteiger partial charge on any atom is 0.276 e. The van der Waals surface area contributed by atoms with E-state index in [4.69, 9.17) is 23.2 Å². The van der Waals surface area contributed by atoms with Crippen LogP contribution in [0.5, 0.6) is 0 Å². The number of carbonyl (C=O) groups is 1. The molecule has 0 bridgehead atoms. The molecule has 17 heavy (non-hydrogen) atoms. The lowest BCUT2D eigenvalue weighted by atomic mass is 10.3. The van der Waals surface area contributed by atoms with Crippen LogP contribution in [0, 0.1) is 5.82 Å². The van der Waals surface area contributed by atoms with Gasteiger partial charge in [-0.05, 0) is 18.2 Å². The largest absolute Gasteiger partial charge is 0.319 e. The first-order chi connectivity index (χ1) is 8.06. The van der Waals surface area contributed by atoms with Crippen molar-refractivity contribution in [2.45, 2.75) is 0 Å². The van der Waals surface area contributed by atoms with E-state index in [2.05, 4.69) is 15.5 Å². The number of hydrogen-bond donors (Lipinski definition) is 2. The number of aromatic amines is 1. The number of hydrogen-bond acceptors (Lipinski definition) is 2. The number of nitrogens with zero attached hydrogens (tertiary/aromatic N) is 1. The molecule has 0 atom stereocenters. The number of aromatic nitrogens is 2. The molecule has 0 aliphatic rings. The lowest BCUT2D eigenvalue weighted by Crippen LogP contribution is -2.12. The Labute approximate surface area is 106 Å². The highest BCUT2D eigenvalue weighted by atomic mass is 35.5. The molecule has 7 heteroatoms. The van der Waals surface area contributed by atoms with Gasteiger partial charge in [-0.25, -0.2) is 4.39 Å². The SMILES string of the molecule is O=C(Nc1ccc(F)cc1Cl)c1cc(Cl)[nH]n1. The fraction of sp³-hybridized carbons (Fsp3) is 0. The van der Waals surface area contributed by atoms with E-state index in [0.717, 1.165) is 6.07 Å². The minimum Gasteiger partial charge on any atom is -0.319 e. The molecule has 1 heterocycles. The van der Waals surface area contributed by atoms with E-state index in [9.17, 15) is 9.18 Å². The van der Waals surface area contributed by atoms with Crippen molar-refractivity contribution in [3.05, 3.63) is 46.0 Å². The monoisotopic (exact) mass is 273 g/mol. The van der Waals surface area contributed by atoms with E-state index in [1.807, 2.05) is 0 Å². The van der Waals surface area contributed by atoms with Gasteiger partial charge in [0.05, 0.1) is 10.7 Å². The van der Waals surface area contributed by atoms with Gasteiger partial charge in [-0.3, -0.25) is 9.89 Å². The minimum atomic E-state index is -0.485. The van der Waals surface area contributed by atoms with E-state index >= 15 is 0 Å². The zero-order valence-corrected chi connectivity index (χ0v) is 9.81. The summed E-state index contributed by atoms with van der Waals surface area (Å²) in [6, 6.07) is 5.03. The zero-order chi connectivity index (χ0) is 12.4. The second-order valence-corrected chi connectivity index (χ2v) is 3.99. The molecule has 0 saturated heterocycles. The Kier molecular flexibility index (Phi) is 3.31. The topological polar surface area (TPSA) is 57.8 Å². The quantitative estimate of drug-likeness (QED) is 0.883. The molecule has 0 saturated carbocycles. The van der Waals surface area contributed by atoms with Crippen molar-refractivity contribution in [2.24, 2.45) is 0 Å². The Hall–Kier alpha value is -1.59. The third-order valence-electron chi connectivity index (χ3n) is 1.96. The summed E-state index contributed by atoms with van der Waals surface area (Å²) in [7, 11) is 0. The van der Waals surface area contributed by atoms with E-state index in [0.29, 0.717) is 5.69 Å². The molecule has 2 rings (SSSR count). The van der Waals surface area contributed by atoms with Crippen molar-refractivity contribution in [1.82, 2.24) is 10.2 Å². The van der Waals surface area contributed by atoms with Crippen LogP contribution in [0.4, 0.5) is 10.1 Å². The lowest BCUT2D eigenvalue weighted by Gasteiger charge is -2.05. The standard InChI is InChI=1S/C10H6Cl2FN3O/c11-6-3-5(13)1-2-7(6)14-10(17)8-4-9(12)16-15-8/h1-4H,(H,14,17)(H,15,16). The highest BCUT2D eigenvalue weighted by molar-refractivity contribution is 6.34. The van der Waals surface area contributed by atoms with Crippen LogP contribution in [0.3, 0.4) is 0 Å². The molecule has 0 fully saturated rings. The highest BCUT2D eigenvalue weighted by Gasteiger charge is 2.12. The van der Waals surface area contributed by atoms with Crippen molar-refractivity contribution in [3.63, 3.8) is 0 Å². The Balaban J connectivity index is 2.18. The van der Waals surface area contributed by atoms with Gasteiger partial charge in [0.15, 0.2) is 5.69 Å². The molecule has 88 valence electrons. The number of amides is 1. The molecule has 0 spiro atoms. The fourth-order valence-corrected chi connectivity index (χ4v) is 1.55. The van der Waals surface area contributed by atoms with Crippen molar-refractivity contribution >= 4 is 34.8 Å². The van der Waals surface area contributed by atoms with Crippen LogP contribution in [-0.4, -0.2) is 16.1 Å². The summed E-state index contributed by atoms with van der Waals surface area (Å²) < 4.78 is 12.8. The van der Waals surface area contributed by atoms with E-state index in [1.165, 1.54) is 18.2 Å². The number of H-pyrrole nitrogens is 1. The van der Waals surface area contributed by atoms with Gasteiger partial charge < -0.3 is 5.32 Å². The third kappa shape index (κ3) is 2.75. The first-order valence-corrected chi connectivity index (χ1v) is 5.29. The number of halogens is 3. The van der Waals surface area contributed by atoms with Crippen LogP contribution in [0.15, 0.2) is 24.3 Å². The maximum absolute atomic E-state index is 12.8. The van der Waals surface area contributed by atoms with Gasteiger partial charge in [0, 0.05) is 6.07 Å². The molecule has 0 aliphatic heterocycles. The second-order valence-electron chi connectivity index (χ2n) is 3.18. The molecule has 0 unspecified atom stereocenters. The Bertz CT molecular complexity index is 570. The van der Waals surface area contributed by atoms with Crippen LogP contribution in [0.2, 0.25) is 10.2 Å². The molecule has 2 aromatic rings. The number of benzene rings is 1. The van der Waals surface area contributed by atoms with Gasteiger partial charge in [0.25, 0.3) is 5.91 Å². The number of rotatable bonds is 2. The first-order valence-electron chi connectivity index (χ1n) is 4.53. The summed E-state index contributed by atoms with van der Waals surface area (Å²) in [5, 5.41) is 8.94. The number of carbonyl (C=O) groups excluding carboxylic acids is 1. The summed E-state index contributed by atoms with van der Waals surface area (Å²) in [4.78, 5) is 11.7. The predicted molar refractivity (Wildman–Crippen MR) is 63.0 cm³/mol. The van der Waals surface area contributed by atoms with Gasteiger partial charge in [-0.2, -0.15) is 5.10 Å². The first kappa shape index (κ1) is 11.9. The van der Waals surface area contributed by atoms with Gasteiger partial charge in [-0.15, -0.1) is 0 Å². The summed E-state index contributed by atoms with van der Waals surface area (Å²) in [5.41, 5.74) is 0.424. The van der Waals surface area contributed by atoms with E-state index in [-0.39, 0.29) is 15.9 Å². The molecule has 2 N–H and O–H groups in total. The molecule has 1 aromatic carbocycles. The van der Waals surface area contributed by atoms with Crippen LogP contribution in [-0.2, 0) is 0 Å². The van der Waals surface area contributed by atoms with Crippen LogP contribution in [0.25, 0.3) is 0 Å². The minimum absolute atomic E-state index is 0.111. The van der Waals surface area contributed by atoms with Crippen LogP contribution >= 0.6 is 23.2 Å². The normalized spacial score (nSPS) is 10.3. The van der Waals surface area contributed by atoms with Crippen LogP contribution < -0.4 is 5.32 Å². The lowest BCUT2D eigenvalue weighted by molar-refractivity contribution is 0.102. The summed E-state index contributed by atoms with van der Waals surface area (Å²) in [6.07, 6.45) is 0. The smallest absolute Gasteiger partial charge is 0.276 e. The van der Waals surface area contributed by atoms with Crippen molar-refractivity contribution in [1.29, 1.82) is 0 Å². The molecule has 1 amide bonds. The van der Waals surface area contributed by atoms with Crippen molar-refractivity contribution < 1.29 is 9.18 Å². The number of nitrogens with one attached hydrogen (secondary N) is 2. The van der Waals surface area contributed by atoms with Gasteiger partial charge in [0.2, 0.25) is 0 Å². The van der Waals surface area contributed by atoms with Gasteiger partial charge in [-0.1, -0.05) is 23.2 Å². The Morgan fingerprint density at radius 1 is 1.35 bits per heavy atom. The molecule has 0 radical (unpaired) electrons. The highest BCUT2D eigenvalue weighted by Crippen LogP contribution is 2.22. The molecular weight excluding hydrogens is 268 g/mol. The Morgan fingerprint density at radius 2 is 2.12 bits per heavy atom. The molecule has 4 nitrogen and oxygen atoms in total. The van der Waals surface area contributed by atoms with Crippen molar-refractivity contribution in [3.8, 4) is 0 Å². The van der Waals surface area contributed by atoms with Crippen molar-refractivity contribution in [2.75, 3.05) is 5.32 Å². The average molecular weight is 274 g/mol. The molecule has 0 aliphatic carbocycles. The molecular formula is C10H6Cl2FN3O. The maximum atomic E-state index is 12.8. The number of anilines is 1. The van der Waals surface area contributed by atoms with E-state index < -0.39 is 11.7 Å². The zero-order valence-electron chi connectivity index (χ0n) is 8.30. The van der Waals surface area contributed by atoms with Crippen LogP contribution in [0.1, 0.15) is 10.5 Å². The second kappa shape index (κ2) is 4.73. The van der Waals surface area contributed by atoms with E-state index in [1.54, 1.807) is 0 Å². The molecule has 1 aromatic heterocycles. The third-order valence-corrected chi connectivity index (χ3v) is 2.46. The van der Waals surface area contributed by atoms with Gasteiger partial charge >= 0.3 is 0 Å². The summed E-state index contributed by atoms with van der Waals surface area (Å²) in [6.45, 7) is 0. The van der Waals surface area contributed by atoms with Gasteiger partial charge in [0.1, 0.15) is 11.0 Å². The fourth-order valence-electron chi connectivity index (χ4n) is 1.19. The Morgan fingerprint density at radius 3 is 2.71 bits per heavy atom. The summed E-state index contributed by atoms with van der Waals surface area (Å²) >= 11 is 11.3.